The topological polar surface area (TPSA) is 67.6 Å². The second kappa shape index (κ2) is 6.43. The van der Waals surface area contributed by atoms with Crippen LogP contribution in [0.5, 0.6) is 0 Å². The van der Waals surface area contributed by atoms with Crippen molar-refractivity contribution in [2.24, 2.45) is 0 Å². The molecule has 1 aliphatic heterocycles. The molecule has 0 spiro atoms. The molecular weight excluding hydrogens is 242 g/mol. The van der Waals surface area contributed by atoms with Gasteiger partial charge in [0.1, 0.15) is 6.61 Å². The zero-order valence-electron chi connectivity index (χ0n) is 11.3. The molecule has 0 radical (unpaired) electrons. The number of nitrogen functional groups attached to an aromatic ring is 1. The summed E-state index contributed by atoms with van der Waals surface area (Å²) in [6.45, 7) is 1.51. The number of hydrogen-bond acceptors (Lipinski definition) is 4. The Morgan fingerprint density at radius 1 is 1.53 bits per heavy atom. The summed E-state index contributed by atoms with van der Waals surface area (Å²) >= 11 is 0. The molecule has 1 fully saturated rings. The van der Waals surface area contributed by atoms with Gasteiger partial charge in [0.15, 0.2) is 0 Å². The third-order valence-corrected chi connectivity index (χ3v) is 3.46. The molecule has 0 aromatic heterocycles. The van der Waals surface area contributed by atoms with Crippen molar-refractivity contribution in [3.8, 4) is 0 Å². The monoisotopic (exact) mass is 263 g/mol. The van der Waals surface area contributed by atoms with Crippen LogP contribution >= 0.6 is 0 Å². The van der Waals surface area contributed by atoms with Gasteiger partial charge >= 0.3 is 6.09 Å². The van der Waals surface area contributed by atoms with Crippen molar-refractivity contribution < 1.29 is 9.53 Å². The minimum absolute atomic E-state index is 0.334. The number of nitrogens with zero attached hydrogens (tertiary/aromatic N) is 1. The van der Waals surface area contributed by atoms with E-state index in [1.54, 1.807) is 24.3 Å². The van der Waals surface area contributed by atoms with Crippen molar-refractivity contribution in [2.75, 3.05) is 31.2 Å². The predicted molar refractivity (Wildman–Crippen MR) is 76.1 cm³/mol. The molecule has 5 heteroatoms. The van der Waals surface area contributed by atoms with E-state index in [0.717, 1.165) is 13.0 Å². The Hall–Kier alpha value is -1.75. The fourth-order valence-corrected chi connectivity index (χ4v) is 2.30. The van der Waals surface area contributed by atoms with Crippen molar-refractivity contribution in [2.45, 2.75) is 25.3 Å². The number of nitrogens with one attached hydrogen (secondary N) is 1. The van der Waals surface area contributed by atoms with Gasteiger partial charge in [-0.1, -0.05) is 12.5 Å². The summed E-state index contributed by atoms with van der Waals surface area (Å²) in [4.78, 5) is 13.9. The van der Waals surface area contributed by atoms with E-state index in [-0.39, 0.29) is 0 Å². The number of anilines is 2. The third-order valence-electron chi connectivity index (χ3n) is 3.46. The van der Waals surface area contributed by atoms with E-state index in [9.17, 15) is 4.79 Å². The van der Waals surface area contributed by atoms with Gasteiger partial charge < -0.3 is 15.4 Å². The third kappa shape index (κ3) is 4.13. The van der Waals surface area contributed by atoms with E-state index < -0.39 is 6.09 Å². The molecule has 0 saturated carbocycles. The van der Waals surface area contributed by atoms with Crippen molar-refractivity contribution in [3.63, 3.8) is 0 Å². The molecule has 104 valence electrons. The zero-order chi connectivity index (χ0) is 13.7. The van der Waals surface area contributed by atoms with E-state index in [1.807, 2.05) is 0 Å². The average molecular weight is 263 g/mol. The first-order valence-electron chi connectivity index (χ1n) is 6.65. The lowest BCUT2D eigenvalue weighted by molar-refractivity contribution is 0.0908. The molecule has 1 atom stereocenters. The summed E-state index contributed by atoms with van der Waals surface area (Å²) in [5, 5.41) is 2.68. The molecule has 19 heavy (non-hydrogen) atoms. The van der Waals surface area contributed by atoms with Crippen LogP contribution in [0, 0.1) is 0 Å². The first-order valence-corrected chi connectivity index (χ1v) is 6.65. The SMILES string of the molecule is CN1CCCCC1COC(=O)Nc1cccc(N)c1. The van der Waals surface area contributed by atoms with Gasteiger partial charge in [-0.05, 0) is 44.6 Å². The molecule has 5 nitrogen and oxygen atoms in total. The van der Waals surface area contributed by atoms with Crippen molar-refractivity contribution in [1.29, 1.82) is 0 Å². The zero-order valence-corrected chi connectivity index (χ0v) is 11.3. The van der Waals surface area contributed by atoms with Crippen molar-refractivity contribution >= 4 is 17.5 Å². The highest BCUT2D eigenvalue weighted by Gasteiger charge is 2.20. The van der Waals surface area contributed by atoms with Gasteiger partial charge in [0, 0.05) is 17.4 Å². The highest BCUT2D eigenvalue weighted by molar-refractivity contribution is 5.85. The number of benzene rings is 1. The van der Waals surface area contributed by atoms with Crippen LogP contribution in [-0.4, -0.2) is 37.2 Å². The number of hydrogen-bond donors (Lipinski definition) is 2. The Morgan fingerprint density at radius 3 is 3.11 bits per heavy atom. The van der Waals surface area contributed by atoms with Crippen LogP contribution in [0.1, 0.15) is 19.3 Å². The number of ether oxygens (including phenoxy) is 1. The first kappa shape index (κ1) is 13.7. The lowest BCUT2D eigenvalue weighted by Crippen LogP contribution is -2.40. The van der Waals surface area contributed by atoms with E-state index in [4.69, 9.17) is 10.5 Å². The lowest BCUT2D eigenvalue weighted by atomic mass is 10.0. The minimum atomic E-state index is -0.426. The maximum Gasteiger partial charge on any atom is 0.411 e. The number of likely N-dealkylation sites (N-methyl/N-ethyl adjacent to an activating group) is 1. The van der Waals surface area contributed by atoms with Crippen molar-refractivity contribution in [3.05, 3.63) is 24.3 Å². The maximum atomic E-state index is 11.7. The van der Waals surface area contributed by atoms with Gasteiger partial charge in [0.05, 0.1) is 0 Å². The molecule has 1 unspecified atom stereocenters. The van der Waals surface area contributed by atoms with E-state index in [1.165, 1.54) is 12.8 Å². The smallest absolute Gasteiger partial charge is 0.411 e. The van der Waals surface area contributed by atoms with Gasteiger partial charge in [-0.15, -0.1) is 0 Å². The Kier molecular flexibility index (Phi) is 4.63. The Labute approximate surface area is 113 Å². The van der Waals surface area contributed by atoms with Gasteiger partial charge in [0.2, 0.25) is 0 Å². The molecule has 1 heterocycles. The molecule has 1 aliphatic rings. The second-order valence-corrected chi connectivity index (χ2v) is 4.98. The first-order chi connectivity index (χ1) is 9.15. The maximum absolute atomic E-state index is 11.7. The highest BCUT2D eigenvalue weighted by Crippen LogP contribution is 2.16. The average Bonchev–Trinajstić information content (AvgIpc) is 2.38. The van der Waals surface area contributed by atoms with Gasteiger partial charge in [0.25, 0.3) is 0 Å². The van der Waals surface area contributed by atoms with Gasteiger partial charge in [-0.25, -0.2) is 4.79 Å². The van der Waals surface area contributed by atoms with Gasteiger partial charge in [-0.2, -0.15) is 0 Å². The minimum Gasteiger partial charge on any atom is -0.448 e. The molecule has 0 bridgehead atoms. The van der Waals surface area contributed by atoms with Crippen LogP contribution in [-0.2, 0) is 4.74 Å². The number of rotatable bonds is 3. The van der Waals surface area contributed by atoms with E-state index in [2.05, 4.69) is 17.3 Å². The van der Waals surface area contributed by atoms with Crippen molar-refractivity contribution in [1.82, 2.24) is 4.90 Å². The number of carbonyl (C=O) groups is 1. The summed E-state index contributed by atoms with van der Waals surface area (Å²) in [5.74, 6) is 0. The van der Waals surface area contributed by atoms with E-state index >= 15 is 0 Å². The summed E-state index contributed by atoms with van der Waals surface area (Å²) in [6.07, 6.45) is 3.09. The lowest BCUT2D eigenvalue weighted by Gasteiger charge is -2.31. The molecule has 2 rings (SSSR count). The van der Waals surface area contributed by atoms with Crippen LogP contribution in [0.2, 0.25) is 0 Å². The highest BCUT2D eigenvalue weighted by atomic mass is 16.5. The fraction of sp³-hybridized carbons (Fsp3) is 0.500. The second-order valence-electron chi connectivity index (χ2n) is 4.98. The number of amides is 1. The van der Waals surface area contributed by atoms with Crippen LogP contribution < -0.4 is 11.1 Å². The Balaban J connectivity index is 1.78. The number of nitrogens with two attached hydrogens (primary N) is 1. The molecule has 3 N–H and O–H groups in total. The van der Waals surface area contributed by atoms with Crippen LogP contribution in [0.15, 0.2) is 24.3 Å². The summed E-state index contributed by atoms with van der Waals surface area (Å²) < 4.78 is 5.26. The Morgan fingerprint density at radius 2 is 2.37 bits per heavy atom. The number of likely N-dealkylation sites (tertiary alicyclic amines) is 1. The van der Waals surface area contributed by atoms with E-state index in [0.29, 0.717) is 24.0 Å². The number of carbonyl (C=O) groups excluding carboxylic acids is 1. The van der Waals surface area contributed by atoms with Gasteiger partial charge in [-0.3, -0.25) is 5.32 Å². The molecule has 1 saturated heterocycles. The molecule has 1 amide bonds. The normalized spacial score (nSPS) is 19.9. The summed E-state index contributed by atoms with van der Waals surface area (Å²) in [6, 6.07) is 7.38. The largest absolute Gasteiger partial charge is 0.448 e. The molecule has 1 aromatic carbocycles. The van der Waals surface area contributed by atoms with Crippen LogP contribution in [0.25, 0.3) is 0 Å². The standard InChI is InChI=1S/C14H21N3O2/c1-17-8-3-2-7-13(17)10-19-14(18)16-12-6-4-5-11(15)9-12/h4-6,9,13H,2-3,7-8,10,15H2,1H3,(H,16,18). The fourth-order valence-electron chi connectivity index (χ4n) is 2.30. The Bertz CT molecular complexity index is 436. The quantitative estimate of drug-likeness (QED) is 0.821. The van der Waals surface area contributed by atoms with Crippen LogP contribution in [0.4, 0.5) is 16.2 Å². The molecule has 0 aliphatic carbocycles. The summed E-state index contributed by atoms with van der Waals surface area (Å²) in [7, 11) is 2.07. The number of piperidine rings is 1. The molecule has 1 aromatic rings. The predicted octanol–water partition coefficient (Wildman–Crippen LogP) is 2.30. The van der Waals surface area contributed by atoms with Crippen LogP contribution in [0.3, 0.4) is 0 Å². The summed E-state index contributed by atoms with van der Waals surface area (Å²) in [5.41, 5.74) is 6.91. The molecular formula is C14H21N3O2.